The van der Waals surface area contributed by atoms with E-state index in [0.29, 0.717) is 17.0 Å². The van der Waals surface area contributed by atoms with Crippen molar-refractivity contribution in [2.75, 3.05) is 11.9 Å². The van der Waals surface area contributed by atoms with Gasteiger partial charge in [0.25, 0.3) is 5.91 Å². The van der Waals surface area contributed by atoms with Crippen LogP contribution in [0.4, 0.5) is 5.69 Å². The van der Waals surface area contributed by atoms with E-state index >= 15 is 0 Å². The lowest BCUT2D eigenvalue weighted by atomic mass is 9.90. The molecule has 124 valence electrons. The smallest absolute Gasteiger partial charge is 0.341 e. The molecule has 5 heteroatoms. The van der Waals surface area contributed by atoms with Crippen molar-refractivity contribution in [3.8, 4) is 5.75 Å². The average molecular weight is 325 g/mol. The van der Waals surface area contributed by atoms with Crippen molar-refractivity contribution in [1.82, 2.24) is 0 Å². The van der Waals surface area contributed by atoms with Crippen molar-refractivity contribution in [3.05, 3.63) is 59.2 Å². The zero-order chi connectivity index (χ0) is 16.9. The van der Waals surface area contributed by atoms with Crippen LogP contribution in [0.15, 0.2) is 42.5 Å². The summed E-state index contributed by atoms with van der Waals surface area (Å²) in [6.07, 6.45) is 4.52. The topological polar surface area (TPSA) is 75.6 Å². The molecule has 0 unspecified atom stereocenters. The Morgan fingerprint density at radius 3 is 2.42 bits per heavy atom. The molecule has 1 aliphatic rings. The highest BCUT2D eigenvalue weighted by molar-refractivity contribution is 6.04. The summed E-state index contributed by atoms with van der Waals surface area (Å²) in [5.74, 6) is -0.730. The van der Waals surface area contributed by atoms with Crippen molar-refractivity contribution >= 4 is 17.6 Å². The van der Waals surface area contributed by atoms with Crippen molar-refractivity contribution in [2.24, 2.45) is 0 Å². The minimum atomic E-state index is -1.03. The van der Waals surface area contributed by atoms with E-state index in [-0.39, 0.29) is 12.5 Å². The van der Waals surface area contributed by atoms with Gasteiger partial charge in [0, 0.05) is 11.3 Å². The molecule has 1 aliphatic carbocycles. The van der Waals surface area contributed by atoms with Gasteiger partial charge in [0.1, 0.15) is 5.75 Å². The fourth-order valence-corrected chi connectivity index (χ4v) is 2.86. The van der Waals surface area contributed by atoms with Crippen molar-refractivity contribution in [2.45, 2.75) is 25.7 Å². The third kappa shape index (κ3) is 3.93. The van der Waals surface area contributed by atoms with Crippen LogP contribution < -0.4 is 10.1 Å². The molecule has 2 aromatic rings. The van der Waals surface area contributed by atoms with Crippen LogP contribution in [0, 0.1) is 0 Å². The van der Waals surface area contributed by atoms with E-state index < -0.39 is 5.97 Å². The predicted molar refractivity (Wildman–Crippen MR) is 90.6 cm³/mol. The summed E-state index contributed by atoms with van der Waals surface area (Å²) >= 11 is 0. The maximum atomic E-state index is 12.4. The lowest BCUT2D eigenvalue weighted by Gasteiger charge is -2.16. The zero-order valence-electron chi connectivity index (χ0n) is 13.2. The number of aliphatic carboxylic acids is 1. The molecule has 0 aliphatic heterocycles. The Labute approximate surface area is 140 Å². The number of fused-ring (bicyclic) bond motifs is 1. The molecule has 2 N–H and O–H groups in total. The summed E-state index contributed by atoms with van der Waals surface area (Å²) in [4.78, 5) is 22.8. The number of hydrogen-bond acceptors (Lipinski definition) is 3. The van der Waals surface area contributed by atoms with Crippen molar-refractivity contribution in [3.63, 3.8) is 0 Å². The van der Waals surface area contributed by atoms with E-state index in [4.69, 9.17) is 9.84 Å². The van der Waals surface area contributed by atoms with Crippen LogP contribution in [-0.2, 0) is 17.6 Å². The van der Waals surface area contributed by atoms with E-state index in [1.807, 2.05) is 18.2 Å². The molecule has 2 aromatic carbocycles. The van der Waals surface area contributed by atoms with Gasteiger partial charge in [-0.05, 0) is 73.2 Å². The number of benzene rings is 2. The number of carbonyl (C=O) groups excluding carboxylic acids is 1. The Kier molecular flexibility index (Phi) is 4.79. The molecule has 5 nitrogen and oxygen atoms in total. The van der Waals surface area contributed by atoms with Gasteiger partial charge in [-0.1, -0.05) is 6.07 Å². The molecule has 1 amide bonds. The molecule has 3 rings (SSSR count). The molecule has 0 saturated carbocycles. The second-order valence-corrected chi connectivity index (χ2v) is 5.85. The molecule has 0 bridgehead atoms. The fourth-order valence-electron chi connectivity index (χ4n) is 2.86. The molecule has 24 heavy (non-hydrogen) atoms. The summed E-state index contributed by atoms with van der Waals surface area (Å²) < 4.78 is 5.06. The van der Waals surface area contributed by atoms with Gasteiger partial charge in [-0.25, -0.2) is 4.79 Å². The predicted octanol–water partition coefficient (Wildman–Crippen LogP) is 3.28. The molecule has 0 heterocycles. The van der Waals surface area contributed by atoms with Crippen LogP contribution in [-0.4, -0.2) is 23.6 Å². The highest BCUT2D eigenvalue weighted by atomic mass is 16.5. The van der Waals surface area contributed by atoms with Crippen molar-refractivity contribution in [1.29, 1.82) is 0 Å². The quantitative estimate of drug-likeness (QED) is 0.884. The Morgan fingerprint density at radius 1 is 1.00 bits per heavy atom. The van der Waals surface area contributed by atoms with Gasteiger partial charge >= 0.3 is 5.97 Å². The van der Waals surface area contributed by atoms with Crippen molar-refractivity contribution < 1.29 is 19.4 Å². The number of aryl methyl sites for hydroxylation is 2. The van der Waals surface area contributed by atoms with E-state index in [1.54, 1.807) is 24.3 Å². The molecule has 0 fully saturated rings. The number of amides is 1. The van der Waals surface area contributed by atoms with Gasteiger partial charge in [-0.2, -0.15) is 0 Å². The minimum absolute atomic E-state index is 0.150. The first-order valence-corrected chi connectivity index (χ1v) is 7.99. The zero-order valence-corrected chi connectivity index (χ0v) is 13.2. The third-order valence-electron chi connectivity index (χ3n) is 4.09. The highest BCUT2D eigenvalue weighted by Gasteiger charge is 2.13. The normalized spacial score (nSPS) is 13.0. The average Bonchev–Trinajstić information content (AvgIpc) is 2.60. The number of hydrogen-bond donors (Lipinski definition) is 2. The van der Waals surface area contributed by atoms with E-state index in [2.05, 4.69) is 5.32 Å². The number of ether oxygens (including phenoxy) is 1. The lowest BCUT2D eigenvalue weighted by molar-refractivity contribution is -0.139. The number of carboxylic acids is 1. The monoisotopic (exact) mass is 325 g/mol. The first-order valence-electron chi connectivity index (χ1n) is 7.99. The maximum Gasteiger partial charge on any atom is 0.341 e. The van der Waals surface area contributed by atoms with Gasteiger partial charge in [0.2, 0.25) is 0 Å². The summed E-state index contributed by atoms with van der Waals surface area (Å²) in [5, 5.41) is 11.4. The highest BCUT2D eigenvalue weighted by Crippen LogP contribution is 2.23. The van der Waals surface area contributed by atoms with Crippen LogP contribution in [0.2, 0.25) is 0 Å². The standard InChI is InChI=1S/C19H19NO4/c21-18(22)12-24-17-9-7-16(8-10-17)20-19(23)15-6-5-13-3-1-2-4-14(13)11-15/h5-11H,1-4,12H2,(H,20,23)(H,21,22). The van der Waals surface area contributed by atoms with E-state index in [9.17, 15) is 9.59 Å². The fraction of sp³-hybridized carbons (Fsp3) is 0.263. The summed E-state index contributed by atoms with van der Waals surface area (Å²) in [5.41, 5.74) is 3.91. The van der Waals surface area contributed by atoms with Crippen LogP contribution in [0.3, 0.4) is 0 Å². The summed E-state index contributed by atoms with van der Waals surface area (Å²) in [7, 11) is 0. The Bertz CT molecular complexity index is 752. The molecular weight excluding hydrogens is 306 g/mol. The van der Waals surface area contributed by atoms with Gasteiger partial charge in [-0.15, -0.1) is 0 Å². The summed E-state index contributed by atoms with van der Waals surface area (Å²) in [6, 6.07) is 12.5. The number of nitrogens with one attached hydrogen (secondary N) is 1. The van der Waals surface area contributed by atoms with Crippen LogP contribution >= 0.6 is 0 Å². The van der Waals surface area contributed by atoms with Gasteiger partial charge in [-0.3, -0.25) is 4.79 Å². The van der Waals surface area contributed by atoms with Crippen LogP contribution in [0.25, 0.3) is 0 Å². The summed E-state index contributed by atoms with van der Waals surface area (Å²) in [6.45, 7) is -0.388. The largest absolute Gasteiger partial charge is 0.482 e. The second-order valence-electron chi connectivity index (χ2n) is 5.85. The Balaban J connectivity index is 1.65. The number of anilines is 1. The van der Waals surface area contributed by atoms with E-state index in [1.165, 1.54) is 24.0 Å². The molecule has 0 spiro atoms. The van der Waals surface area contributed by atoms with Crippen LogP contribution in [0.5, 0.6) is 5.75 Å². The van der Waals surface area contributed by atoms with Gasteiger partial charge in [0.15, 0.2) is 6.61 Å². The number of carboxylic acid groups (broad SMARTS) is 1. The molecule has 0 radical (unpaired) electrons. The second kappa shape index (κ2) is 7.17. The molecule has 0 atom stereocenters. The van der Waals surface area contributed by atoms with Gasteiger partial charge in [0.05, 0.1) is 0 Å². The van der Waals surface area contributed by atoms with Crippen LogP contribution in [0.1, 0.15) is 34.3 Å². The lowest BCUT2D eigenvalue weighted by Crippen LogP contribution is -2.13. The SMILES string of the molecule is O=C(O)COc1ccc(NC(=O)c2ccc3c(c2)CCCC3)cc1. The Hall–Kier alpha value is -2.82. The molecular formula is C19H19NO4. The number of rotatable bonds is 5. The third-order valence-corrected chi connectivity index (χ3v) is 4.09. The maximum absolute atomic E-state index is 12.4. The number of carbonyl (C=O) groups is 2. The molecule has 0 saturated heterocycles. The first kappa shape index (κ1) is 16.1. The Morgan fingerprint density at radius 2 is 1.71 bits per heavy atom. The first-order chi connectivity index (χ1) is 11.6. The van der Waals surface area contributed by atoms with Gasteiger partial charge < -0.3 is 15.2 Å². The minimum Gasteiger partial charge on any atom is -0.482 e. The van der Waals surface area contributed by atoms with E-state index in [0.717, 1.165) is 12.8 Å². The molecule has 0 aromatic heterocycles.